The lowest BCUT2D eigenvalue weighted by Crippen LogP contribution is -2.52. The average Bonchev–Trinajstić information content (AvgIpc) is 2.15. The van der Waals surface area contributed by atoms with Gasteiger partial charge in [-0.25, -0.2) is 0 Å². The van der Waals surface area contributed by atoms with Gasteiger partial charge in [0.15, 0.2) is 0 Å². The van der Waals surface area contributed by atoms with Crippen molar-refractivity contribution >= 4 is 5.91 Å². The molecule has 0 aromatic rings. The third-order valence-corrected chi connectivity index (χ3v) is 2.30. The molecule has 3 heteroatoms. The molecule has 1 amide bonds. The van der Waals surface area contributed by atoms with E-state index in [1.807, 2.05) is 4.90 Å². The van der Waals surface area contributed by atoms with E-state index >= 15 is 0 Å². The highest BCUT2D eigenvalue weighted by Gasteiger charge is 2.21. The molecule has 3 nitrogen and oxygen atoms in total. The van der Waals surface area contributed by atoms with Gasteiger partial charge < -0.3 is 10.2 Å². The topological polar surface area (TPSA) is 32.3 Å². The van der Waals surface area contributed by atoms with Crippen LogP contribution in [-0.2, 0) is 4.79 Å². The van der Waals surface area contributed by atoms with E-state index in [-0.39, 0.29) is 5.91 Å². The van der Waals surface area contributed by atoms with E-state index in [4.69, 9.17) is 6.42 Å². The maximum absolute atomic E-state index is 11.6. The molecule has 0 aromatic carbocycles. The second-order valence-corrected chi connectivity index (χ2v) is 3.34. The van der Waals surface area contributed by atoms with Crippen LogP contribution in [0.3, 0.4) is 0 Å². The van der Waals surface area contributed by atoms with Crippen LogP contribution in [0.5, 0.6) is 0 Å². The molecule has 0 aliphatic carbocycles. The molecule has 1 N–H and O–H groups in total. The number of rotatable bonds is 2. The summed E-state index contributed by atoms with van der Waals surface area (Å²) >= 11 is 0. The summed E-state index contributed by atoms with van der Waals surface area (Å²) < 4.78 is 0. The zero-order valence-electron chi connectivity index (χ0n) is 8.05. The fourth-order valence-corrected chi connectivity index (χ4v) is 1.53. The summed E-state index contributed by atoms with van der Waals surface area (Å²) in [4.78, 5) is 13.5. The molecule has 1 saturated heterocycles. The third-order valence-electron chi connectivity index (χ3n) is 2.30. The lowest BCUT2D eigenvalue weighted by molar-refractivity contribution is -0.133. The minimum atomic E-state index is 0.187. The molecular weight excluding hydrogens is 164 g/mol. The van der Waals surface area contributed by atoms with Crippen molar-refractivity contribution in [1.82, 2.24) is 10.2 Å². The van der Waals surface area contributed by atoms with Gasteiger partial charge in [0.1, 0.15) is 0 Å². The molecule has 13 heavy (non-hydrogen) atoms. The number of piperazine rings is 1. The Hall–Kier alpha value is -1.01. The van der Waals surface area contributed by atoms with E-state index in [1.165, 1.54) is 0 Å². The first-order chi connectivity index (χ1) is 6.25. The lowest BCUT2D eigenvalue weighted by Gasteiger charge is -2.33. The van der Waals surface area contributed by atoms with E-state index in [1.54, 1.807) is 0 Å². The summed E-state index contributed by atoms with van der Waals surface area (Å²) in [5.41, 5.74) is 0. The van der Waals surface area contributed by atoms with Crippen LogP contribution in [0.25, 0.3) is 0 Å². The molecule has 0 bridgehead atoms. The van der Waals surface area contributed by atoms with Crippen LogP contribution in [0.4, 0.5) is 0 Å². The maximum Gasteiger partial charge on any atom is 0.223 e. The maximum atomic E-state index is 11.6. The monoisotopic (exact) mass is 180 g/mol. The van der Waals surface area contributed by atoms with Crippen molar-refractivity contribution in [3.8, 4) is 12.3 Å². The number of amides is 1. The fraction of sp³-hybridized carbons (Fsp3) is 0.700. The van der Waals surface area contributed by atoms with Crippen molar-refractivity contribution in [3.05, 3.63) is 0 Å². The van der Waals surface area contributed by atoms with Gasteiger partial charge in [-0.05, 0) is 6.92 Å². The number of hydrogen-bond acceptors (Lipinski definition) is 2. The molecule has 0 saturated carbocycles. The van der Waals surface area contributed by atoms with Gasteiger partial charge in [0.25, 0.3) is 0 Å². The predicted octanol–water partition coefficient (Wildman–Crippen LogP) is 0.220. The number of terminal acetylenes is 1. The van der Waals surface area contributed by atoms with E-state index in [0.29, 0.717) is 18.9 Å². The number of carbonyl (C=O) groups excluding carboxylic acids is 1. The highest BCUT2D eigenvalue weighted by molar-refractivity contribution is 5.76. The van der Waals surface area contributed by atoms with Gasteiger partial charge in [0.2, 0.25) is 5.91 Å². The SMILES string of the molecule is C#CCCC(=O)N1CCNCC1C. The summed E-state index contributed by atoms with van der Waals surface area (Å²) in [7, 11) is 0. The highest BCUT2D eigenvalue weighted by atomic mass is 16.2. The van der Waals surface area contributed by atoms with Gasteiger partial charge >= 0.3 is 0 Å². The molecule has 0 radical (unpaired) electrons. The van der Waals surface area contributed by atoms with Crippen LogP contribution in [0.1, 0.15) is 19.8 Å². The van der Waals surface area contributed by atoms with Gasteiger partial charge in [0.05, 0.1) is 0 Å². The first-order valence-corrected chi connectivity index (χ1v) is 4.69. The number of carbonyl (C=O) groups is 1. The number of hydrogen-bond donors (Lipinski definition) is 1. The van der Waals surface area contributed by atoms with Gasteiger partial charge in [-0.3, -0.25) is 4.79 Å². The minimum Gasteiger partial charge on any atom is -0.337 e. The summed E-state index contributed by atoms with van der Waals surface area (Å²) in [6.07, 6.45) is 6.15. The van der Waals surface area contributed by atoms with Gasteiger partial charge in [0, 0.05) is 38.5 Å². The van der Waals surface area contributed by atoms with E-state index in [0.717, 1.165) is 19.6 Å². The zero-order chi connectivity index (χ0) is 9.68. The summed E-state index contributed by atoms with van der Waals surface area (Å²) in [6.45, 7) is 4.65. The minimum absolute atomic E-state index is 0.187. The summed E-state index contributed by atoms with van der Waals surface area (Å²) in [6, 6.07) is 0.305. The van der Waals surface area contributed by atoms with Crippen LogP contribution in [0, 0.1) is 12.3 Å². The van der Waals surface area contributed by atoms with Crippen molar-refractivity contribution < 1.29 is 4.79 Å². The van der Waals surface area contributed by atoms with Crippen molar-refractivity contribution in [2.45, 2.75) is 25.8 Å². The largest absolute Gasteiger partial charge is 0.337 e. The molecular formula is C10H16N2O. The molecule has 1 rings (SSSR count). The van der Waals surface area contributed by atoms with Gasteiger partial charge in [-0.1, -0.05) is 0 Å². The smallest absolute Gasteiger partial charge is 0.223 e. The predicted molar refractivity (Wildman–Crippen MR) is 52.1 cm³/mol. The molecule has 0 aromatic heterocycles. The second kappa shape index (κ2) is 4.88. The standard InChI is InChI=1S/C10H16N2O/c1-3-4-5-10(13)12-7-6-11-8-9(12)2/h1,9,11H,4-8H2,2H3. The Morgan fingerprint density at radius 3 is 3.15 bits per heavy atom. The van der Waals surface area contributed by atoms with Crippen LogP contribution in [-0.4, -0.2) is 36.5 Å². The van der Waals surface area contributed by atoms with Crippen molar-refractivity contribution in [3.63, 3.8) is 0 Å². The van der Waals surface area contributed by atoms with Gasteiger partial charge in [-0.2, -0.15) is 0 Å². The zero-order valence-corrected chi connectivity index (χ0v) is 8.05. The average molecular weight is 180 g/mol. The Labute approximate surface area is 79.5 Å². The molecule has 72 valence electrons. The quantitative estimate of drug-likeness (QED) is 0.617. The van der Waals surface area contributed by atoms with Crippen molar-refractivity contribution in [1.29, 1.82) is 0 Å². The molecule has 1 aliphatic heterocycles. The number of nitrogens with one attached hydrogen (secondary N) is 1. The van der Waals surface area contributed by atoms with Gasteiger partial charge in [-0.15, -0.1) is 12.3 Å². The first-order valence-electron chi connectivity index (χ1n) is 4.69. The van der Waals surface area contributed by atoms with Crippen LogP contribution >= 0.6 is 0 Å². The van der Waals surface area contributed by atoms with Crippen LogP contribution in [0.2, 0.25) is 0 Å². The third kappa shape index (κ3) is 2.74. The Balaban J connectivity index is 2.40. The Bertz CT molecular complexity index is 219. The molecule has 1 heterocycles. The van der Waals surface area contributed by atoms with Crippen molar-refractivity contribution in [2.75, 3.05) is 19.6 Å². The summed E-state index contributed by atoms with van der Waals surface area (Å²) in [5, 5.41) is 3.24. The molecule has 1 unspecified atom stereocenters. The summed E-state index contributed by atoms with van der Waals surface area (Å²) in [5.74, 6) is 2.68. The lowest BCUT2D eigenvalue weighted by atomic mass is 10.2. The van der Waals surface area contributed by atoms with Crippen LogP contribution < -0.4 is 5.32 Å². The number of nitrogens with zero attached hydrogens (tertiary/aromatic N) is 1. The molecule has 1 atom stereocenters. The Morgan fingerprint density at radius 2 is 2.54 bits per heavy atom. The molecule has 1 fully saturated rings. The second-order valence-electron chi connectivity index (χ2n) is 3.34. The van der Waals surface area contributed by atoms with Crippen molar-refractivity contribution in [2.24, 2.45) is 0 Å². The molecule has 0 spiro atoms. The Kier molecular flexibility index (Phi) is 3.78. The fourth-order valence-electron chi connectivity index (χ4n) is 1.53. The van der Waals surface area contributed by atoms with Crippen LogP contribution in [0.15, 0.2) is 0 Å². The van der Waals surface area contributed by atoms with E-state index in [2.05, 4.69) is 18.2 Å². The first kappa shape index (κ1) is 10.1. The van der Waals surface area contributed by atoms with E-state index < -0.39 is 0 Å². The van der Waals surface area contributed by atoms with E-state index in [9.17, 15) is 4.79 Å². The highest BCUT2D eigenvalue weighted by Crippen LogP contribution is 2.05. The Morgan fingerprint density at radius 1 is 1.77 bits per heavy atom. The normalized spacial score (nSPS) is 22.5. The molecule has 1 aliphatic rings.